The molecule has 0 bridgehead atoms. The molecular formula is C21H20FN3O3S2. The summed E-state index contributed by atoms with van der Waals surface area (Å²) in [6.07, 6.45) is 0. The smallest absolute Gasteiger partial charge is 0.236 e. The molecule has 2 N–H and O–H groups in total. The highest BCUT2D eigenvalue weighted by molar-refractivity contribution is 8.00. The van der Waals surface area contributed by atoms with Crippen molar-refractivity contribution < 1.29 is 18.7 Å². The van der Waals surface area contributed by atoms with Crippen molar-refractivity contribution in [2.24, 2.45) is 0 Å². The minimum absolute atomic E-state index is 0.107. The third-order valence-electron chi connectivity index (χ3n) is 3.81. The molecule has 1 heterocycles. The monoisotopic (exact) mass is 445 g/mol. The van der Waals surface area contributed by atoms with Crippen LogP contribution < -0.4 is 15.4 Å². The molecule has 0 spiro atoms. The molecule has 9 heteroatoms. The second kappa shape index (κ2) is 10.7. The summed E-state index contributed by atoms with van der Waals surface area (Å²) in [6.45, 7) is 2.47. The Bertz CT molecular complexity index is 1010. The van der Waals surface area contributed by atoms with Crippen molar-refractivity contribution in [1.29, 1.82) is 0 Å². The molecule has 3 rings (SSSR count). The second-order valence-corrected chi connectivity index (χ2v) is 7.91. The van der Waals surface area contributed by atoms with Crippen LogP contribution in [0.25, 0.3) is 11.3 Å². The van der Waals surface area contributed by atoms with Crippen LogP contribution >= 0.6 is 23.1 Å². The number of aromatic nitrogens is 1. The van der Waals surface area contributed by atoms with E-state index >= 15 is 0 Å². The average Bonchev–Trinajstić information content (AvgIpc) is 3.18. The summed E-state index contributed by atoms with van der Waals surface area (Å²) in [7, 11) is 0. The normalized spacial score (nSPS) is 10.5. The number of halogens is 1. The molecule has 0 saturated carbocycles. The molecule has 0 unspecified atom stereocenters. The van der Waals surface area contributed by atoms with Crippen molar-refractivity contribution in [1.82, 2.24) is 4.98 Å². The number of anilines is 2. The first-order valence-electron chi connectivity index (χ1n) is 9.16. The lowest BCUT2D eigenvalue weighted by Crippen LogP contribution is -2.18. The van der Waals surface area contributed by atoms with Crippen LogP contribution in [-0.2, 0) is 9.59 Å². The molecule has 2 aromatic carbocycles. The van der Waals surface area contributed by atoms with Crippen LogP contribution in [0.3, 0.4) is 0 Å². The van der Waals surface area contributed by atoms with E-state index in [1.807, 2.05) is 36.6 Å². The molecule has 0 fully saturated rings. The molecule has 0 aliphatic carbocycles. The second-order valence-electron chi connectivity index (χ2n) is 6.06. The van der Waals surface area contributed by atoms with Gasteiger partial charge in [0.2, 0.25) is 11.8 Å². The number of amides is 2. The summed E-state index contributed by atoms with van der Waals surface area (Å²) in [6, 6.07) is 13.1. The zero-order chi connectivity index (χ0) is 21.3. The molecule has 6 nitrogen and oxygen atoms in total. The standard InChI is InChI=1S/C21H20FN3O3S2/c1-2-28-18-6-4-3-5-16(18)17-11-30-21(24-17)25-20(27)13-29-12-19(26)23-15-9-7-14(22)8-10-15/h3-11H,2,12-13H2,1H3,(H,23,26)(H,24,25,27). The Kier molecular flexibility index (Phi) is 7.81. The van der Waals surface area contributed by atoms with E-state index in [4.69, 9.17) is 4.74 Å². The van der Waals surface area contributed by atoms with Crippen molar-refractivity contribution >= 4 is 45.7 Å². The number of ether oxygens (including phenoxy) is 1. The maximum atomic E-state index is 12.9. The highest BCUT2D eigenvalue weighted by Gasteiger charge is 2.12. The Morgan fingerprint density at radius 2 is 1.77 bits per heavy atom. The van der Waals surface area contributed by atoms with Gasteiger partial charge >= 0.3 is 0 Å². The summed E-state index contributed by atoms with van der Waals surface area (Å²) in [5.41, 5.74) is 2.10. The number of thioether (sulfide) groups is 1. The van der Waals surface area contributed by atoms with Gasteiger partial charge in [0.1, 0.15) is 11.6 Å². The minimum atomic E-state index is -0.370. The molecule has 0 saturated heterocycles. The highest BCUT2D eigenvalue weighted by Crippen LogP contribution is 2.32. The average molecular weight is 446 g/mol. The molecular weight excluding hydrogens is 425 g/mol. The molecule has 3 aromatic rings. The lowest BCUT2D eigenvalue weighted by molar-refractivity contribution is -0.114. The Morgan fingerprint density at radius 1 is 1.07 bits per heavy atom. The van der Waals surface area contributed by atoms with Gasteiger partial charge in [0.15, 0.2) is 5.13 Å². The van der Waals surface area contributed by atoms with Gasteiger partial charge in [-0.2, -0.15) is 0 Å². The first kappa shape index (κ1) is 21.8. The van der Waals surface area contributed by atoms with Gasteiger partial charge in [0, 0.05) is 16.6 Å². The molecule has 0 aliphatic heterocycles. The molecule has 30 heavy (non-hydrogen) atoms. The fraction of sp³-hybridized carbons (Fsp3) is 0.190. The van der Waals surface area contributed by atoms with Gasteiger partial charge < -0.3 is 15.4 Å². The van der Waals surface area contributed by atoms with Crippen LogP contribution in [-0.4, -0.2) is 34.9 Å². The van der Waals surface area contributed by atoms with Crippen molar-refractivity contribution in [3.8, 4) is 17.0 Å². The predicted octanol–water partition coefficient (Wildman–Crippen LogP) is 4.66. The van der Waals surface area contributed by atoms with E-state index in [0.717, 1.165) is 17.0 Å². The number of para-hydroxylation sites is 1. The number of thiazole rings is 1. The summed E-state index contributed by atoms with van der Waals surface area (Å²) in [4.78, 5) is 28.5. The first-order chi connectivity index (χ1) is 14.5. The van der Waals surface area contributed by atoms with E-state index in [9.17, 15) is 14.0 Å². The van der Waals surface area contributed by atoms with Crippen molar-refractivity contribution in [3.05, 3.63) is 59.7 Å². The van der Waals surface area contributed by atoms with Crippen LogP contribution in [0.2, 0.25) is 0 Å². The van der Waals surface area contributed by atoms with Crippen LogP contribution in [0.1, 0.15) is 6.92 Å². The van der Waals surface area contributed by atoms with Crippen LogP contribution in [0.5, 0.6) is 5.75 Å². The maximum absolute atomic E-state index is 12.9. The van der Waals surface area contributed by atoms with Gasteiger partial charge in [-0.15, -0.1) is 23.1 Å². The fourth-order valence-corrected chi connectivity index (χ4v) is 3.88. The zero-order valence-corrected chi connectivity index (χ0v) is 17.8. The van der Waals surface area contributed by atoms with Gasteiger partial charge in [0.05, 0.1) is 23.8 Å². The minimum Gasteiger partial charge on any atom is -0.493 e. The van der Waals surface area contributed by atoms with E-state index in [2.05, 4.69) is 15.6 Å². The highest BCUT2D eigenvalue weighted by atomic mass is 32.2. The third kappa shape index (κ3) is 6.30. The molecule has 0 radical (unpaired) electrons. The molecule has 0 aliphatic rings. The number of rotatable bonds is 9. The van der Waals surface area contributed by atoms with Crippen molar-refractivity contribution in [3.63, 3.8) is 0 Å². The summed E-state index contributed by atoms with van der Waals surface area (Å²) in [5, 5.41) is 7.74. The van der Waals surface area contributed by atoms with Crippen molar-refractivity contribution in [2.75, 3.05) is 28.7 Å². The van der Waals surface area contributed by atoms with Crippen LogP contribution in [0.15, 0.2) is 53.9 Å². The number of benzene rings is 2. The molecule has 156 valence electrons. The SMILES string of the molecule is CCOc1ccccc1-c1csc(NC(=O)CSCC(=O)Nc2ccc(F)cc2)n1. The quantitative estimate of drug-likeness (QED) is 0.501. The third-order valence-corrected chi connectivity index (χ3v) is 5.50. The van der Waals surface area contributed by atoms with Gasteiger partial charge in [-0.1, -0.05) is 12.1 Å². The molecule has 0 atom stereocenters. The number of carbonyl (C=O) groups excluding carboxylic acids is 2. The van der Waals surface area contributed by atoms with Gasteiger partial charge in [-0.25, -0.2) is 9.37 Å². The molecule has 1 aromatic heterocycles. The zero-order valence-electron chi connectivity index (χ0n) is 16.2. The van der Waals surface area contributed by atoms with E-state index in [-0.39, 0.29) is 29.1 Å². The number of carbonyl (C=O) groups is 2. The number of hydrogen-bond donors (Lipinski definition) is 2. The number of nitrogens with one attached hydrogen (secondary N) is 2. The summed E-state index contributed by atoms with van der Waals surface area (Å²) in [5.74, 6) is 0.0884. The van der Waals surface area contributed by atoms with Gasteiger partial charge in [-0.05, 0) is 43.3 Å². The van der Waals surface area contributed by atoms with E-state index < -0.39 is 0 Å². The number of nitrogens with zero attached hydrogens (tertiary/aromatic N) is 1. The Morgan fingerprint density at radius 3 is 2.50 bits per heavy atom. The van der Waals surface area contributed by atoms with Crippen LogP contribution in [0.4, 0.5) is 15.2 Å². The first-order valence-corrected chi connectivity index (χ1v) is 11.2. The van der Waals surface area contributed by atoms with Crippen LogP contribution in [0, 0.1) is 5.82 Å². The molecule has 2 amide bonds. The van der Waals surface area contributed by atoms with E-state index in [1.54, 1.807) is 0 Å². The van der Waals surface area contributed by atoms with E-state index in [0.29, 0.717) is 17.4 Å². The largest absolute Gasteiger partial charge is 0.493 e. The van der Waals surface area contributed by atoms with Gasteiger partial charge in [0.25, 0.3) is 0 Å². The van der Waals surface area contributed by atoms with E-state index in [1.165, 1.54) is 47.4 Å². The lowest BCUT2D eigenvalue weighted by atomic mass is 10.1. The van der Waals surface area contributed by atoms with Gasteiger partial charge in [-0.3, -0.25) is 9.59 Å². The Balaban J connectivity index is 1.46. The maximum Gasteiger partial charge on any atom is 0.236 e. The lowest BCUT2D eigenvalue weighted by Gasteiger charge is -2.07. The predicted molar refractivity (Wildman–Crippen MR) is 120 cm³/mol. The van der Waals surface area contributed by atoms with Crippen molar-refractivity contribution in [2.45, 2.75) is 6.92 Å². The fourth-order valence-electron chi connectivity index (χ4n) is 2.54. The number of hydrogen-bond acceptors (Lipinski definition) is 6. The topological polar surface area (TPSA) is 80.3 Å². The Labute approximate surface area is 181 Å². The summed E-state index contributed by atoms with van der Waals surface area (Å²) >= 11 is 2.51. The summed E-state index contributed by atoms with van der Waals surface area (Å²) < 4.78 is 18.5. The Hall–Kier alpha value is -2.91.